The van der Waals surface area contributed by atoms with Crippen molar-refractivity contribution in [1.82, 2.24) is 14.5 Å². The highest BCUT2D eigenvalue weighted by Gasteiger charge is 2.19. The van der Waals surface area contributed by atoms with Gasteiger partial charge in [0, 0.05) is 42.6 Å². The van der Waals surface area contributed by atoms with Crippen molar-refractivity contribution in [3.8, 4) is 0 Å². The molecular weight excluding hydrogens is 374 g/mol. The maximum absolute atomic E-state index is 13.3. The molecule has 0 unspecified atom stereocenters. The van der Waals surface area contributed by atoms with Crippen molar-refractivity contribution in [3.05, 3.63) is 88.5 Å². The van der Waals surface area contributed by atoms with Crippen molar-refractivity contribution < 1.29 is 9.53 Å². The Morgan fingerprint density at radius 1 is 1.21 bits per heavy atom. The zero-order valence-corrected chi connectivity index (χ0v) is 16.3. The fourth-order valence-electron chi connectivity index (χ4n) is 3.44. The number of aromatic nitrogens is 2. The lowest BCUT2D eigenvalue weighted by Crippen LogP contribution is -2.33. The first kappa shape index (κ1) is 18.7. The SMILES string of the molecule is O=C(c1ccc2c(c1)CCOC2)N(CCn1ccnc1)Cc1cccc(Cl)c1. The average Bonchev–Trinajstić information content (AvgIpc) is 3.24. The summed E-state index contributed by atoms with van der Waals surface area (Å²) in [6.07, 6.45) is 6.26. The fraction of sp³-hybridized carbons (Fsp3) is 0.273. The smallest absolute Gasteiger partial charge is 0.254 e. The van der Waals surface area contributed by atoms with Gasteiger partial charge in [-0.3, -0.25) is 4.79 Å². The van der Waals surface area contributed by atoms with Gasteiger partial charge in [0.25, 0.3) is 5.91 Å². The summed E-state index contributed by atoms with van der Waals surface area (Å²) in [6, 6.07) is 13.6. The quantitative estimate of drug-likeness (QED) is 0.634. The first-order valence-corrected chi connectivity index (χ1v) is 9.76. The van der Waals surface area contributed by atoms with E-state index >= 15 is 0 Å². The Labute approximate surface area is 169 Å². The van der Waals surface area contributed by atoms with Crippen molar-refractivity contribution in [1.29, 1.82) is 0 Å². The van der Waals surface area contributed by atoms with Crippen LogP contribution in [0.25, 0.3) is 0 Å². The zero-order valence-electron chi connectivity index (χ0n) is 15.6. The second kappa shape index (κ2) is 8.59. The first-order chi connectivity index (χ1) is 13.7. The standard InChI is InChI=1S/C22H22ClN3O2/c23-21-3-1-2-17(12-21)14-26(10-9-25-8-7-24-16-25)22(27)19-4-5-20-15-28-11-6-18(20)13-19/h1-5,7-8,12-13,16H,6,9-11,14-15H2. The molecule has 6 heteroatoms. The number of amides is 1. The number of rotatable bonds is 6. The van der Waals surface area contributed by atoms with Crippen molar-refractivity contribution in [2.75, 3.05) is 13.2 Å². The minimum absolute atomic E-state index is 0.0226. The molecule has 1 aliphatic rings. The van der Waals surface area contributed by atoms with Gasteiger partial charge in [-0.1, -0.05) is 29.8 Å². The molecular formula is C22H22ClN3O2. The molecule has 144 valence electrons. The van der Waals surface area contributed by atoms with E-state index in [1.54, 1.807) is 12.5 Å². The van der Waals surface area contributed by atoms with Crippen molar-refractivity contribution in [3.63, 3.8) is 0 Å². The zero-order chi connectivity index (χ0) is 19.3. The Morgan fingerprint density at radius 2 is 2.14 bits per heavy atom. The van der Waals surface area contributed by atoms with Crippen molar-refractivity contribution >= 4 is 17.5 Å². The van der Waals surface area contributed by atoms with E-state index in [0.29, 0.717) is 43.4 Å². The summed E-state index contributed by atoms with van der Waals surface area (Å²) in [5.74, 6) is 0.0226. The lowest BCUT2D eigenvalue weighted by atomic mass is 9.99. The number of carbonyl (C=O) groups is 1. The second-order valence-electron chi connectivity index (χ2n) is 6.94. The van der Waals surface area contributed by atoms with Gasteiger partial charge in [0.2, 0.25) is 0 Å². The van der Waals surface area contributed by atoms with E-state index in [9.17, 15) is 4.79 Å². The van der Waals surface area contributed by atoms with E-state index in [2.05, 4.69) is 4.98 Å². The van der Waals surface area contributed by atoms with Crippen LogP contribution in [0.1, 0.15) is 27.0 Å². The summed E-state index contributed by atoms with van der Waals surface area (Å²) in [7, 11) is 0. The Kier molecular flexibility index (Phi) is 5.74. The molecule has 0 bridgehead atoms. The number of ether oxygens (including phenoxy) is 1. The number of carbonyl (C=O) groups excluding carboxylic acids is 1. The Bertz CT molecular complexity index is 956. The Hall–Kier alpha value is -2.63. The van der Waals surface area contributed by atoms with Gasteiger partial charge >= 0.3 is 0 Å². The summed E-state index contributed by atoms with van der Waals surface area (Å²) in [4.78, 5) is 19.3. The maximum atomic E-state index is 13.3. The minimum atomic E-state index is 0.0226. The summed E-state index contributed by atoms with van der Waals surface area (Å²) < 4.78 is 7.47. The summed E-state index contributed by atoms with van der Waals surface area (Å²) in [5, 5.41) is 0.674. The van der Waals surface area contributed by atoms with Crippen LogP contribution in [0.3, 0.4) is 0 Å². The van der Waals surface area contributed by atoms with Gasteiger partial charge in [0.05, 0.1) is 19.5 Å². The predicted octanol–water partition coefficient (Wildman–Crippen LogP) is 3.95. The molecule has 2 aromatic carbocycles. The lowest BCUT2D eigenvalue weighted by Gasteiger charge is -2.24. The third-order valence-electron chi connectivity index (χ3n) is 4.96. The molecule has 0 fully saturated rings. The van der Waals surface area contributed by atoms with E-state index in [0.717, 1.165) is 12.0 Å². The van der Waals surface area contributed by atoms with Crippen LogP contribution in [0, 0.1) is 0 Å². The normalized spacial score (nSPS) is 13.2. The number of halogens is 1. The van der Waals surface area contributed by atoms with E-state index in [1.807, 2.05) is 58.1 Å². The Morgan fingerprint density at radius 3 is 2.96 bits per heavy atom. The van der Waals surface area contributed by atoms with Crippen molar-refractivity contribution in [2.24, 2.45) is 0 Å². The first-order valence-electron chi connectivity index (χ1n) is 9.38. The molecule has 1 amide bonds. The molecule has 1 aromatic heterocycles. The Balaban J connectivity index is 1.56. The molecule has 0 saturated carbocycles. The average molecular weight is 396 g/mol. The number of hydrogen-bond acceptors (Lipinski definition) is 3. The molecule has 0 saturated heterocycles. The molecule has 2 heterocycles. The predicted molar refractivity (Wildman–Crippen MR) is 108 cm³/mol. The van der Waals surface area contributed by atoms with Crippen LogP contribution < -0.4 is 0 Å². The van der Waals surface area contributed by atoms with Crippen LogP contribution in [0.4, 0.5) is 0 Å². The summed E-state index contributed by atoms with van der Waals surface area (Å²) >= 11 is 6.13. The van der Waals surface area contributed by atoms with Gasteiger partial charge in [0.15, 0.2) is 0 Å². The monoisotopic (exact) mass is 395 g/mol. The van der Waals surface area contributed by atoms with Crippen LogP contribution in [-0.2, 0) is 30.9 Å². The molecule has 0 radical (unpaired) electrons. The van der Waals surface area contributed by atoms with Crippen LogP contribution in [0.2, 0.25) is 5.02 Å². The highest BCUT2D eigenvalue weighted by Crippen LogP contribution is 2.20. The number of hydrogen-bond donors (Lipinski definition) is 0. The van der Waals surface area contributed by atoms with Crippen LogP contribution in [0.15, 0.2) is 61.2 Å². The van der Waals surface area contributed by atoms with Crippen LogP contribution in [-0.4, -0.2) is 33.5 Å². The lowest BCUT2D eigenvalue weighted by molar-refractivity contribution is 0.0736. The van der Waals surface area contributed by atoms with E-state index in [4.69, 9.17) is 16.3 Å². The third-order valence-corrected chi connectivity index (χ3v) is 5.20. The number of benzene rings is 2. The molecule has 0 spiro atoms. The minimum Gasteiger partial charge on any atom is -0.376 e. The van der Waals surface area contributed by atoms with Gasteiger partial charge in [-0.25, -0.2) is 4.98 Å². The highest BCUT2D eigenvalue weighted by atomic mass is 35.5. The molecule has 5 nitrogen and oxygen atoms in total. The van der Waals surface area contributed by atoms with Gasteiger partial charge in [-0.15, -0.1) is 0 Å². The highest BCUT2D eigenvalue weighted by molar-refractivity contribution is 6.30. The second-order valence-corrected chi connectivity index (χ2v) is 7.38. The number of fused-ring (bicyclic) bond motifs is 1. The van der Waals surface area contributed by atoms with Gasteiger partial charge in [0.1, 0.15) is 0 Å². The van der Waals surface area contributed by atoms with Crippen LogP contribution >= 0.6 is 11.6 Å². The number of nitrogens with zero attached hydrogens (tertiary/aromatic N) is 3. The topological polar surface area (TPSA) is 47.4 Å². The largest absolute Gasteiger partial charge is 0.376 e. The summed E-state index contributed by atoms with van der Waals surface area (Å²) in [6.45, 7) is 3.11. The van der Waals surface area contributed by atoms with E-state index < -0.39 is 0 Å². The number of imidazole rings is 1. The molecule has 0 N–H and O–H groups in total. The van der Waals surface area contributed by atoms with E-state index in [1.165, 1.54) is 11.1 Å². The third kappa shape index (κ3) is 4.43. The van der Waals surface area contributed by atoms with Gasteiger partial charge < -0.3 is 14.2 Å². The summed E-state index contributed by atoms with van der Waals surface area (Å²) in [5.41, 5.74) is 4.10. The fourth-order valence-corrected chi connectivity index (χ4v) is 3.66. The van der Waals surface area contributed by atoms with Crippen molar-refractivity contribution in [2.45, 2.75) is 26.1 Å². The molecule has 28 heavy (non-hydrogen) atoms. The molecule has 3 aromatic rings. The molecule has 0 aliphatic carbocycles. The van der Waals surface area contributed by atoms with Crippen LogP contribution in [0.5, 0.6) is 0 Å². The molecule has 1 aliphatic heterocycles. The van der Waals surface area contributed by atoms with Gasteiger partial charge in [-0.2, -0.15) is 0 Å². The maximum Gasteiger partial charge on any atom is 0.254 e. The van der Waals surface area contributed by atoms with E-state index in [-0.39, 0.29) is 5.91 Å². The molecule has 4 rings (SSSR count). The molecule has 0 atom stereocenters. The van der Waals surface area contributed by atoms with Gasteiger partial charge in [-0.05, 0) is 47.4 Å².